The number of aryl methyl sites for hydroxylation is 2. The molecule has 1 saturated heterocycles. The highest BCUT2D eigenvalue weighted by molar-refractivity contribution is 5.95. The largest absolute Gasteiger partial charge is 0.461 e. The van der Waals surface area contributed by atoms with Crippen LogP contribution in [0.15, 0.2) is 65.1 Å². The number of benzene rings is 2. The quantitative estimate of drug-likeness (QED) is 0.609. The van der Waals surface area contributed by atoms with E-state index in [9.17, 15) is 14.0 Å². The van der Waals surface area contributed by atoms with Crippen molar-refractivity contribution in [2.45, 2.75) is 38.6 Å². The van der Waals surface area contributed by atoms with Crippen LogP contribution in [0.25, 0.3) is 11.3 Å². The van der Waals surface area contributed by atoms with Gasteiger partial charge in [-0.3, -0.25) is 9.59 Å². The average Bonchev–Trinajstić information content (AvgIpc) is 3.27. The van der Waals surface area contributed by atoms with Crippen molar-refractivity contribution in [3.63, 3.8) is 0 Å². The van der Waals surface area contributed by atoms with Crippen LogP contribution in [-0.4, -0.2) is 35.8 Å². The van der Waals surface area contributed by atoms with Crippen LogP contribution in [0.5, 0.6) is 0 Å². The van der Waals surface area contributed by atoms with Gasteiger partial charge in [0, 0.05) is 37.5 Å². The van der Waals surface area contributed by atoms with Crippen molar-refractivity contribution in [3.8, 4) is 11.3 Å². The minimum Gasteiger partial charge on any atom is -0.461 e. The topological polar surface area (TPSA) is 62.6 Å². The molecule has 1 aromatic heterocycles. The van der Waals surface area contributed by atoms with E-state index in [1.54, 1.807) is 30.3 Å². The predicted molar refractivity (Wildman–Crippen MR) is 121 cm³/mol. The maximum absolute atomic E-state index is 13.9. The molecule has 3 aromatic rings. The second kappa shape index (κ2) is 9.81. The smallest absolute Gasteiger partial charge is 0.251 e. The van der Waals surface area contributed by atoms with E-state index in [1.807, 2.05) is 36.1 Å². The highest BCUT2D eigenvalue weighted by Crippen LogP contribution is 2.25. The van der Waals surface area contributed by atoms with E-state index >= 15 is 0 Å². The molecule has 5 nitrogen and oxygen atoms in total. The molecule has 1 fully saturated rings. The van der Waals surface area contributed by atoms with E-state index in [0.29, 0.717) is 48.6 Å². The fourth-order valence-corrected chi connectivity index (χ4v) is 4.07. The van der Waals surface area contributed by atoms with Gasteiger partial charge in [0.05, 0.1) is 5.56 Å². The molecule has 0 saturated carbocycles. The number of furan rings is 1. The highest BCUT2D eigenvalue weighted by Gasteiger charge is 2.24. The van der Waals surface area contributed by atoms with Crippen molar-refractivity contribution in [1.29, 1.82) is 0 Å². The summed E-state index contributed by atoms with van der Waals surface area (Å²) in [6.07, 6.45) is 2.28. The van der Waals surface area contributed by atoms with Gasteiger partial charge in [-0.15, -0.1) is 0 Å². The Balaban J connectivity index is 1.24. The van der Waals surface area contributed by atoms with E-state index in [4.69, 9.17) is 4.42 Å². The molecule has 0 spiro atoms. The summed E-state index contributed by atoms with van der Waals surface area (Å²) in [6.45, 7) is 3.17. The van der Waals surface area contributed by atoms with Crippen molar-refractivity contribution in [1.82, 2.24) is 10.2 Å². The lowest BCUT2D eigenvalue weighted by Gasteiger charge is -2.32. The average molecular weight is 435 g/mol. The fourth-order valence-electron chi connectivity index (χ4n) is 4.07. The molecule has 0 bridgehead atoms. The Hall–Kier alpha value is -3.41. The number of nitrogens with zero attached hydrogens (tertiary/aromatic N) is 1. The lowest BCUT2D eigenvalue weighted by molar-refractivity contribution is -0.132. The molecule has 2 amide bonds. The summed E-state index contributed by atoms with van der Waals surface area (Å²) in [5.74, 6) is 0.809. The van der Waals surface area contributed by atoms with Gasteiger partial charge < -0.3 is 14.6 Å². The van der Waals surface area contributed by atoms with Crippen LogP contribution in [0.4, 0.5) is 4.39 Å². The molecule has 0 aliphatic carbocycles. The molecule has 1 N–H and O–H groups in total. The normalized spacial score (nSPS) is 14.4. The van der Waals surface area contributed by atoms with Gasteiger partial charge in [0.25, 0.3) is 5.91 Å². The number of carbonyl (C=O) groups is 2. The van der Waals surface area contributed by atoms with Gasteiger partial charge in [0.2, 0.25) is 5.91 Å². The van der Waals surface area contributed by atoms with Gasteiger partial charge in [-0.05, 0) is 55.7 Å². The van der Waals surface area contributed by atoms with Gasteiger partial charge in [0.1, 0.15) is 17.3 Å². The summed E-state index contributed by atoms with van der Waals surface area (Å²) < 4.78 is 19.7. The van der Waals surface area contributed by atoms with Crippen LogP contribution in [-0.2, 0) is 11.2 Å². The molecule has 6 heteroatoms. The minimum atomic E-state index is -0.332. The molecule has 166 valence electrons. The number of likely N-dealkylation sites (tertiary alicyclic amines) is 1. The van der Waals surface area contributed by atoms with Crippen molar-refractivity contribution in [2.24, 2.45) is 0 Å². The molecule has 2 heterocycles. The number of hydrogen-bond acceptors (Lipinski definition) is 3. The summed E-state index contributed by atoms with van der Waals surface area (Å²) in [5.41, 5.74) is 2.06. The standard InChI is InChI=1S/C26H27FN2O3/c1-18-6-2-3-7-21(18)26(31)28-19-14-16-29(17-15-19)25(30)13-11-20-10-12-24(32-20)22-8-4-5-9-23(22)27/h2-10,12,19H,11,13-17H2,1H3,(H,28,31). The Bertz CT molecular complexity index is 1100. The third-order valence-corrected chi connectivity index (χ3v) is 5.96. The Labute approximate surface area is 187 Å². The summed E-state index contributed by atoms with van der Waals surface area (Å²) in [7, 11) is 0. The van der Waals surface area contributed by atoms with Crippen LogP contribution in [0.2, 0.25) is 0 Å². The molecule has 2 aromatic carbocycles. The van der Waals surface area contributed by atoms with E-state index in [1.165, 1.54) is 6.07 Å². The molecule has 4 rings (SSSR count). The molecule has 0 unspecified atom stereocenters. The third-order valence-electron chi connectivity index (χ3n) is 5.96. The molecule has 0 atom stereocenters. The molecular formula is C26H27FN2O3. The van der Waals surface area contributed by atoms with E-state index in [2.05, 4.69) is 5.32 Å². The molecule has 1 aliphatic heterocycles. The van der Waals surface area contributed by atoms with Gasteiger partial charge in [-0.25, -0.2) is 4.39 Å². The first-order valence-electron chi connectivity index (χ1n) is 11.0. The van der Waals surface area contributed by atoms with Gasteiger partial charge in [-0.2, -0.15) is 0 Å². The number of nitrogens with one attached hydrogen (secondary N) is 1. The summed E-state index contributed by atoms with van der Waals surface area (Å²) in [6, 6.07) is 17.6. The lowest BCUT2D eigenvalue weighted by atomic mass is 10.0. The number of rotatable bonds is 6. The van der Waals surface area contributed by atoms with Gasteiger partial charge in [0.15, 0.2) is 0 Å². The number of piperidine rings is 1. The number of halogens is 1. The van der Waals surface area contributed by atoms with E-state index in [0.717, 1.165) is 18.4 Å². The predicted octanol–water partition coefficient (Wildman–Crippen LogP) is 4.75. The number of hydrogen-bond donors (Lipinski definition) is 1. The summed E-state index contributed by atoms with van der Waals surface area (Å²) >= 11 is 0. The molecule has 1 aliphatic rings. The van der Waals surface area contributed by atoms with Crippen molar-refractivity contribution >= 4 is 11.8 Å². The first-order valence-corrected chi connectivity index (χ1v) is 11.0. The second-order valence-corrected chi connectivity index (χ2v) is 8.19. The Kier molecular flexibility index (Phi) is 6.69. The van der Waals surface area contributed by atoms with E-state index < -0.39 is 0 Å². The SMILES string of the molecule is Cc1ccccc1C(=O)NC1CCN(C(=O)CCc2ccc(-c3ccccc3F)o2)CC1. The second-order valence-electron chi connectivity index (χ2n) is 8.19. The van der Waals surface area contributed by atoms with Crippen molar-refractivity contribution in [2.75, 3.05) is 13.1 Å². The third kappa shape index (κ3) is 5.07. The zero-order valence-corrected chi connectivity index (χ0v) is 18.1. The van der Waals surface area contributed by atoms with Crippen LogP contribution in [0.3, 0.4) is 0 Å². The number of amides is 2. The van der Waals surface area contributed by atoms with Gasteiger partial charge in [-0.1, -0.05) is 30.3 Å². The molecular weight excluding hydrogens is 407 g/mol. The first kappa shape index (κ1) is 21.8. The van der Waals surface area contributed by atoms with Crippen LogP contribution in [0, 0.1) is 12.7 Å². The Morgan fingerprint density at radius 2 is 1.75 bits per heavy atom. The van der Waals surface area contributed by atoms with E-state index in [-0.39, 0.29) is 23.7 Å². The Morgan fingerprint density at radius 1 is 1.03 bits per heavy atom. The zero-order chi connectivity index (χ0) is 22.5. The van der Waals surface area contributed by atoms with Crippen molar-refractivity contribution < 1.29 is 18.4 Å². The summed E-state index contributed by atoms with van der Waals surface area (Å²) in [4.78, 5) is 27.0. The fraction of sp³-hybridized carbons (Fsp3) is 0.308. The summed E-state index contributed by atoms with van der Waals surface area (Å²) in [5, 5.41) is 3.09. The van der Waals surface area contributed by atoms with Gasteiger partial charge >= 0.3 is 0 Å². The Morgan fingerprint density at radius 3 is 2.50 bits per heavy atom. The van der Waals surface area contributed by atoms with Crippen LogP contribution < -0.4 is 5.32 Å². The molecule has 0 radical (unpaired) electrons. The maximum Gasteiger partial charge on any atom is 0.251 e. The monoisotopic (exact) mass is 434 g/mol. The maximum atomic E-state index is 13.9. The zero-order valence-electron chi connectivity index (χ0n) is 18.1. The van der Waals surface area contributed by atoms with Crippen LogP contribution >= 0.6 is 0 Å². The first-order chi connectivity index (χ1) is 15.5. The lowest BCUT2D eigenvalue weighted by Crippen LogP contribution is -2.46. The minimum absolute atomic E-state index is 0.0589. The highest BCUT2D eigenvalue weighted by atomic mass is 19.1. The van der Waals surface area contributed by atoms with Crippen LogP contribution in [0.1, 0.15) is 40.9 Å². The van der Waals surface area contributed by atoms with Crippen molar-refractivity contribution in [3.05, 3.63) is 83.4 Å². The molecule has 32 heavy (non-hydrogen) atoms. The number of carbonyl (C=O) groups excluding carboxylic acids is 2.